The third kappa shape index (κ3) is 7.39. The minimum atomic E-state index is -2.16. The van der Waals surface area contributed by atoms with Crippen molar-refractivity contribution in [3.8, 4) is 0 Å². The van der Waals surface area contributed by atoms with Gasteiger partial charge in [-0.1, -0.05) is 78.9 Å². The number of non-ortho nitro benzene ring substituents is 2. The normalized spacial score (nSPS) is 20.4. The maximum Gasteiger partial charge on any atom is 0.334 e. The van der Waals surface area contributed by atoms with E-state index in [0.29, 0.717) is 0 Å². The number of nitrogens with zero attached hydrogens (tertiary/aromatic N) is 4. The van der Waals surface area contributed by atoms with Gasteiger partial charge in [0.2, 0.25) is 0 Å². The van der Waals surface area contributed by atoms with E-state index >= 15 is 0 Å². The summed E-state index contributed by atoms with van der Waals surface area (Å²) in [5, 5.41) is 69.6. The third-order valence-electron chi connectivity index (χ3n) is 10.6. The summed E-state index contributed by atoms with van der Waals surface area (Å²) in [5.41, 5.74) is -3.99. The fraction of sp³-hybridized carbons (Fsp3) is 0.220. The number of benzene rings is 3. The fourth-order valence-electron chi connectivity index (χ4n) is 8.05. The molecule has 3 aromatic carbocycles. The molecule has 3 unspecified atom stereocenters. The van der Waals surface area contributed by atoms with E-state index in [1.165, 1.54) is 80.2 Å². The van der Waals surface area contributed by atoms with Crippen LogP contribution in [0.25, 0.3) is 6.08 Å². The molecule has 294 valence electrons. The number of carboxylic acids is 4. The molecule has 5 rings (SSSR count). The molecular formula is C41H38N4O12. The van der Waals surface area contributed by atoms with Crippen LogP contribution in [0, 0.1) is 25.6 Å². The van der Waals surface area contributed by atoms with Crippen molar-refractivity contribution >= 4 is 41.3 Å². The van der Waals surface area contributed by atoms with Crippen molar-refractivity contribution in [3.05, 3.63) is 168 Å². The molecule has 0 saturated heterocycles. The predicted molar refractivity (Wildman–Crippen MR) is 205 cm³/mol. The molecule has 0 bridgehead atoms. The van der Waals surface area contributed by atoms with Crippen LogP contribution in [0.15, 0.2) is 131 Å². The van der Waals surface area contributed by atoms with Crippen LogP contribution >= 0.6 is 0 Å². The Labute approximate surface area is 325 Å². The van der Waals surface area contributed by atoms with Gasteiger partial charge in [-0.25, -0.2) is 14.4 Å². The lowest BCUT2D eigenvalue weighted by atomic mass is 9.60. The average molecular weight is 779 g/mol. The molecule has 0 spiro atoms. The minimum Gasteiger partial charge on any atom is -0.481 e. The summed E-state index contributed by atoms with van der Waals surface area (Å²) in [4.78, 5) is 75.9. The van der Waals surface area contributed by atoms with E-state index in [-0.39, 0.29) is 34.6 Å². The molecule has 16 heteroatoms. The number of rotatable bonds is 13. The van der Waals surface area contributed by atoms with Crippen molar-refractivity contribution in [1.29, 1.82) is 0 Å². The Bertz CT molecular complexity index is 2310. The largest absolute Gasteiger partial charge is 0.481 e. The number of allylic oxidation sites excluding steroid dienone is 6. The smallest absolute Gasteiger partial charge is 0.334 e. The van der Waals surface area contributed by atoms with Gasteiger partial charge in [0.1, 0.15) is 5.41 Å². The third-order valence-corrected chi connectivity index (χ3v) is 10.6. The molecule has 2 heterocycles. The molecule has 2 aliphatic rings. The van der Waals surface area contributed by atoms with Gasteiger partial charge in [0.05, 0.1) is 38.5 Å². The summed E-state index contributed by atoms with van der Waals surface area (Å²) in [7, 11) is 0. The van der Waals surface area contributed by atoms with Crippen LogP contribution in [0.3, 0.4) is 0 Å². The zero-order valence-corrected chi connectivity index (χ0v) is 31.1. The molecule has 0 fully saturated rings. The summed E-state index contributed by atoms with van der Waals surface area (Å²) in [5.74, 6) is -9.32. The summed E-state index contributed by atoms with van der Waals surface area (Å²) in [6, 6.07) is 17.8. The predicted octanol–water partition coefficient (Wildman–Crippen LogP) is 7.11. The highest BCUT2D eigenvalue weighted by Crippen LogP contribution is 2.56. The van der Waals surface area contributed by atoms with Crippen LogP contribution in [0.1, 0.15) is 62.6 Å². The number of carboxylic acid groups (broad SMARTS) is 4. The summed E-state index contributed by atoms with van der Waals surface area (Å²) in [6.07, 6.45) is 6.17. The first-order valence-electron chi connectivity index (χ1n) is 17.5. The second-order valence-corrected chi connectivity index (χ2v) is 13.6. The zero-order chi connectivity index (χ0) is 41.9. The number of carbonyl (C=O) groups is 4. The average Bonchev–Trinajstić information content (AvgIpc) is 3.16. The van der Waals surface area contributed by atoms with Crippen LogP contribution in [0.2, 0.25) is 0 Å². The minimum absolute atomic E-state index is 0.0122. The summed E-state index contributed by atoms with van der Waals surface area (Å²) < 4.78 is 0. The Hall–Kier alpha value is -7.36. The van der Waals surface area contributed by atoms with Gasteiger partial charge in [-0.3, -0.25) is 35.0 Å². The van der Waals surface area contributed by atoms with Crippen LogP contribution in [0.5, 0.6) is 0 Å². The van der Waals surface area contributed by atoms with Gasteiger partial charge in [-0.2, -0.15) is 0 Å². The maximum absolute atomic E-state index is 14.0. The van der Waals surface area contributed by atoms with E-state index in [4.69, 9.17) is 0 Å². The Balaban J connectivity index is 1.82. The van der Waals surface area contributed by atoms with E-state index in [1.54, 1.807) is 18.2 Å². The SMILES string of the molecule is CC1=C(C(=O)O)C(c2cccc([N+](=O)[O-])c2)C(C(=O)O)=C(C)N1N1C(C)=C(C(=O)O)C(c2cccc([N+](=O)[O-])c2)C(CC=CC=Cc2ccccc2)(C(=O)O)C1C. The highest BCUT2D eigenvalue weighted by molar-refractivity contribution is 5.98. The highest BCUT2D eigenvalue weighted by Gasteiger charge is 2.60. The van der Waals surface area contributed by atoms with E-state index < -0.39 is 85.1 Å². The van der Waals surface area contributed by atoms with Crippen LogP contribution in [-0.2, 0) is 19.2 Å². The Morgan fingerprint density at radius 1 is 0.702 bits per heavy atom. The number of nitro benzene ring substituents is 2. The zero-order valence-electron chi connectivity index (χ0n) is 31.1. The van der Waals surface area contributed by atoms with Crippen molar-refractivity contribution in [2.75, 3.05) is 0 Å². The first-order chi connectivity index (χ1) is 26.9. The Morgan fingerprint density at radius 2 is 1.21 bits per heavy atom. The van der Waals surface area contributed by atoms with Gasteiger partial charge in [-0.15, -0.1) is 0 Å². The number of nitro groups is 2. The molecule has 3 aromatic rings. The molecule has 57 heavy (non-hydrogen) atoms. The quantitative estimate of drug-likeness (QED) is 0.0768. The molecule has 16 nitrogen and oxygen atoms in total. The second kappa shape index (κ2) is 16.2. The molecule has 2 aliphatic heterocycles. The van der Waals surface area contributed by atoms with Crippen LogP contribution < -0.4 is 0 Å². The van der Waals surface area contributed by atoms with E-state index in [2.05, 4.69) is 0 Å². The van der Waals surface area contributed by atoms with E-state index in [0.717, 1.165) is 17.7 Å². The second-order valence-electron chi connectivity index (χ2n) is 13.6. The molecule has 0 saturated carbocycles. The van der Waals surface area contributed by atoms with Crippen molar-refractivity contribution in [1.82, 2.24) is 10.0 Å². The summed E-state index contributed by atoms with van der Waals surface area (Å²) in [6.45, 7) is 5.53. The Kier molecular flexibility index (Phi) is 11.6. The van der Waals surface area contributed by atoms with Gasteiger partial charge in [-0.05, 0) is 50.8 Å². The number of aliphatic carboxylic acids is 4. The van der Waals surface area contributed by atoms with Gasteiger partial charge in [0, 0.05) is 47.3 Å². The molecule has 0 aliphatic carbocycles. The molecule has 4 N–H and O–H groups in total. The molecule has 3 atom stereocenters. The lowest BCUT2D eigenvalue weighted by molar-refractivity contribution is -0.385. The van der Waals surface area contributed by atoms with E-state index in [9.17, 15) is 59.8 Å². The monoisotopic (exact) mass is 778 g/mol. The number of hydrazine groups is 1. The first-order valence-corrected chi connectivity index (χ1v) is 17.5. The van der Waals surface area contributed by atoms with Crippen LogP contribution in [-0.4, -0.2) is 70.2 Å². The van der Waals surface area contributed by atoms with Crippen molar-refractivity contribution in [2.45, 2.75) is 52.0 Å². The molecular weight excluding hydrogens is 740 g/mol. The lowest BCUT2D eigenvalue weighted by Gasteiger charge is -2.56. The van der Waals surface area contributed by atoms with Crippen molar-refractivity contribution in [3.63, 3.8) is 0 Å². The topological polar surface area (TPSA) is 242 Å². The molecule has 0 aromatic heterocycles. The lowest BCUT2D eigenvalue weighted by Crippen LogP contribution is -2.62. The molecule has 0 amide bonds. The summed E-state index contributed by atoms with van der Waals surface area (Å²) >= 11 is 0. The first kappa shape index (κ1) is 40.8. The van der Waals surface area contributed by atoms with Gasteiger partial charge >= 0.3 is 23.9 Å². The van der Waals surface area contributed by atoms with Gasteiger partial charge in [0.25, 0.3) is 11.4 Å². The van der Waals surface area contributed by atoms with Crippen molar-refractivity contribution in [2.24, 2.45) is 5.41 Å². The van der Waals surface area contributed by atoms with E-state index in [1.807, 2.05) is 30.3 Å². The van der Waals surface area contributed by atoms with Crippen molar-refractivity contribution < 1.29 is 49.5 Å². The Morgan fingerprint density at radius 3 is 1.70 bits per heavy atom. The number of hydrogen-bond donors (Lipinski definition) is 4. The molecule has 0 radical (unpaired) electrons. The number of hydrogen-bond acceptors (Lipinski definition) is 10. The highest BCUT2D eigenvalue weighted by atomic mass is 16.6. The standard InChI is InChI=1S/C41H38N4O12/c1-23-32(37(46)47)35(28-16-11-18-30(21-28)44(54)55)33(38(48)49)24(2)42(23)43-25(3)34(39(50)51)36(29-17-12-19-31(22-29)45(56)57)41(26(43)4,40(52)53)20-10-6-9-15-27-13-7-5-8-14-27/h5-19,21-22,26,35-36H,20H2,1-4H3,(H,46,47)(H,48,49)(H,50,51)(H,52,53). The van der Waals surface area contributed by atoms with Gasteiger partial charge in [0.15, 0.2) is 0 Å². The van der Waals surface area contributed by atoms with Crippen LogP contribution in [0.4, 0.5) is 11.4 Å². The van der Waals surface area contributed by atoms with Gasteiger partial charge < -0.3 is 20.4 Å². The fourth-order valence-corrected chi connectivity index (χ4v) is 8.05. The maximum atomic E-state index is 14.0.